The van der Waals surface area contributed by atoms with Crippen LogP contribution in [0.4, 0.5) is 0 Å². The number of aliphatic hydroxyl groups excluding tert-OH is 1. The Morgan fingerprint density at radius 3 is 2.75 bits per heavy atom. The third kappa shape index (κ3) is 3.29. The summed E-state index contributed by atoms with van der Waals surface area (Å²) in [4.78, 5) is 4.06. The molecule has 1 aliphatic rings. The number of hydrogen-bond donors (Lipinski definition) is 1. The molecule has 1 heterocycles. The first-order valence-electron chi connectivity index (χ1n) is 6.00. The van der Waals surface area contributed by atoms with E-state index in [1.54, 1.807) is 6.20 Å². The van der Waals surface area contributed by atoms with Gasteiger partial charge in [0, 0.05) is 19.0 Å². The van der Waals surface area contributed by atoms with Gasteiger partial charge >= 0.3 is 0 Å². The monoisotopic (exact) mass is 221 g/mol. The zero-order valence-electron chi connectivity index (χ0n) is 9.51. The van der Waals surface area contributed by atoms with Gasteiger partial charge in [-0.25, -0.2) is 0 Å². The van der Waals surface area contributed by atoms with Gasteiger partial charge in [0.1, 0.15) is 0 Å². The second-order valence-corrected chi connectivity index (χ2v) is 4.50. The molecular formula is C13H19NO2. The molecule has 88 valence electrons. The smallest absolute Gasteiger partial charge is 0.0735 e. The second kappa shape index (κ2) is 5.97. The molecule has 0 amide bonds. The van der Waals surface area contributed by atoms with Crippen LogP contribution in [-0.2, 0) is 11.3 Å². The molecule has 1 N–H and O–H groups in total. The molecule has 1 saturated carbocycles. The van der Waals surface area contributed by atoms with Gasteiger partial charge in [-0.1, -0.05) is 6.07 Å². The topological polar surface area (TPSA) is 42.4 Å². The van der Waals surface area contributed by atoms with Crippen molar-refractivity contribution in [3.63, 3.8) is 0 Å². The minimum atomic E-state index is 0.329. The maximum Gasteiger partial charge on any atom is 0.0735 e. The van der Waals surface area contributed by atoms with E-state index in [4.69, 9.17) is 9.84 Å². The number of rotatable bonds is 4. The molecule has 0 bridgehead atoms. The quantitative estimate of drug-likeness (QED) is 0.847. The van der Waals surface area contributed by atoms with Crippen LogP contribution in [0.15, 0.2) is 24.5 Å². The van der Waals surface area contributed by atoms with E-state index < -0.39 is 0 Å². The zero-order valence-corrected chi connectivity index (χ0v) is 9.51. The van der Waals surface area contributed by atoms with Crippen LogP contribution in [0.3, 0.4) is 0 Å². The van der Waals surface area contributed by atoms with E-state index in [1.165, 1.54) is 0 Å². The molecule has 0 aliphatic heterocycles. The molecule has 3 nitrogen and oxygen atoms in total. The van der Waals surface area contributed by atoms with Gasteiger partial charge in [0.05, 0.1) is 12.7 Å². The largest absolute Gasteiger partial charge is 0.396 e. The van der Waals surface area contributed by atoms with Gasteiger partial charge in [-0.05, 0) is 43.2 Å². The van der Waals surface area contributed by atoms with Crippen molar-refractivity contribution < 1.29 is 9.84 Å². The Morgan fingerprint density at radius 2 is 2.12 bits per heavy atom. The summed E-state index contributed by atoms with van der Waals surface area (Å²) in [7, 11) is 0. The third-order valence-corrected chi connectivity index (χ3v) is 3.26. The fraction of sp³-hybridized carbons (Fsp3) is 0.615. The summed E-state index contributed by atoms with van der Waals surface area (Å²) in [6.45, 7) is 0.984. The lowest BCUT2D eigenvalue weighted by Crippen LogP contribution is -2.23. The highest BCUT2D eigenvalue weighted by molar-refractivity contribution is 5.06. The van der Waals surface area contributed by atoms with Gasteiger partial charge in [-0.3, -0.25) is 4.98 Å². The highest BCUT2D eigenvalue weighted by Crippen LogP contribution is 2.26. The van der Waals surface area contributed by atoms with Crippen molar-refractivity contribution in [3.8, 4) is 0 Å². The van der Waals surface area contributed by atoms with E-state index in [0.717, 1.165) is 31.2 Å². The Hall–Kier alpha value is -0.930. The number of hydrogen-bond acceptors (Lipinski definition) is 3. The molecule has 16 heavy (non-hydrogen) atoms. The maximum atomic E-state index is 9.04. The summed E-state index contributed by atoms with van der Waals surface area (Å²) in [6, 6.07) is 3.97. The minimum Gasteiger partial charge on any atom is -0.396 e. The Morgan fingerprint density at radius 1 is 1.31 bits per heavy atom. The van der Waals surface area contributed by atoms with Gasteiger partial charge in [0.25, 0.3) is 0 Å². The van der Waals surface area contributed by atoms with Crippen molar-refractivity contribution in [2.24, 2.45) is 5.92 Å². The number of ether oxygens (including phenoxy) is 1. The Labute approximate surface area is 96.5 Å². The van der Waals surface area contributed by atoms with Gasteiger partial charge in [0.2, 0.25) is 0 Å². The average Bonchev–Trinajstić information content (AvgIpc) is 2.38. The SMILES string of the molecule is OCC1CCC(OCc2cccnc2)CC1. The summed E-state index contributed by atoms with van der Waals surface area (Å²) in [5, 5.41) is 9.04. The van der Waals surface area contributed by atoms with Crippen molar-refractivity contribution in [2.75, 3.05) is 6.61 Å². The maximum absolute atomic E-state index is 9.04. The molecule has 1 aromatic heterocycles. The van der Waals surface area contributed by atoms with Crippen LogP contribution in [0.25, 0.3) is 0 Å². The van der Waals surface area contributed by atoms with Gasteiger partial charge in [-0.2, -0.15) is 0 Å². The third-order valence-electron chi connectivity index (χ3n) is 3.26. The normalized spacial score (nSPS) is 25.6. The molecular weight excluding hydrogens is 202 g/mol. The molecule has 0 saturated heterocycles. The van der Waals surface area contributed by atoms with E-state index in [-0.39, 0.29) is 0 Å². The van der Waals surface area contributed by atoms with Crippen molar-refractivity contribution >= 4 is 0 Å². The van der Waals surface area contributed by atoms with Crippen LogP contribution in [0.5, 0.6) is 0 Å². The van der Waals surface area contributed by atoms with Crippen molar-refractivity contribution in [1.29, 1.82) is 0 Å². The zero-order chi connectivity index (χ0) is 11.2. The lowest BCUT2D eigenvalue weighted by atomic mass is 9.88. The lowest BCUT2D eigenvalue weighted by Gasteiger charge is -2.27. The van der Waals surface area contributed by atoms with E-state index in [1.807, 2.05) is 18.3 Å². The van der Waals surface area contributed by atoms with Crippen LogP contribution in [0.1, 0.15) is 31.2 Å². The fourth-order valence-electron chi connectivity index (χ4n) is 2.18. The lowest BCUT2D eigenvalue weighted by molar-refractivity contribution is 0.00110. The molecule has 0 spiro atoms. The van der Waals surface area contributed by atoms with E-state index in [9.17, 15) is 0 Å². The Balaban J connectivity index is 1.72. The molecule has 1 fully saturated rings. The molecule has 0 radical (unpaired) electrons. The summed E-state index contributed by atoms with van der Waals surface area (Å²) < 4.78 is 5.84. The summed E-state index contributed by atoms with van der Waals surface area (Å²) in [6.07, 6.45) is 8.32. The minimum absolute atomic E-state index is 0.329. The van der Waals surface area contributed by atoms with Gasteiger partial charge in [-0.15, -0.1) is 0 Å². The first-order chi connectivity index (χ1) is 7.88. The van der Waals surface area contributed by atoms with Crippen LogP contribution < -0.4 is 0 Å². The van der Waals surface area contributed by atoms with E-state index in [2.05, 4.69) is 4.98 Å². The fourth-order valence-corrected chi connectivity index (χ4v) is 2.18. The summed E-state index contributed by atoms with van der Waals surface area (Å²) >= 11 is 0. The van der Waals surface area contributed by atoms with Crippen molar-refractivity contribution in [3.05, 3.63) is 30.1 Å². The first-order valence-corrected chi connectivity index (χ1v) is 6.00. The standard InChI is InChI=1S/C13H19NO2/c15-9-11-3-5-13(6-4-11)16-10-12-2-1-7-14-8-12/h1-2,7-8,11,13,15H,3-6,9-10H2. The van der Waals surface area contributed by atoms with Crippen LogP contribution in [-0.4, -0.2) is 22.8 Å². The molecule has 1 aromatic rings. The number of nitrogens with zero attached hydrogens (tertiary/aromatic N) is 1. The van der Waals surface area contributed by atoms with Crippen LogP contribution in [0.2, 0.25) is 0 Å². The van der Waals surface area contributed by atoms with E-state index >= 15 is 0 Å². The predicted molar refractivity (Wildman–Crippen MR) is 61.9 cm³/mol. The molecule has 0 unspecified atom stereocenters. The summed E-state index contributed by atoms with van der Waals surface area (Å²) in [5.74, 6) is 0.498. The van der Waals surface area contributed by atoms with E-state index in [0.29, 0.717) is 25.2 Å². The Bertz CT molecular complexity index is 294. The number of pyridine rings is 1. The highest BCUT2D eigenvalue weighted by atomic mass is 16.5. The average molecular weight is 221 g/mol. The van der Waals surface area contributed by atoms with Crippen LogP contribution in [0, 0.1) is 5.92 Å². The van der Waals surface area contributed by atoms with Gasteiger partial charge in [0.15, 0.2) is 0 Å². The second-order valence-electron chi connectivity index (χ2n) is 4.50. The van der Waals surface area contributed by atoms with Crippen molar-refractivity contribution in [2.45, 2.75) is 38.4 Å². The summed E-state index contributed by atoms with van der Waals surface area (Å²) in [5.41, 5.74) is 1.13. The molecule has 2 rings (SSSR count). The number of aliphatic hydroxyl groups is 1. The molecule has 0 atom stereocenters. The van der Waals surface area contributed by atoms with Crippen molar-refractivity contribution in [1.82, 2.24) is 4.98 Å². The Kier molecular flexibility index (Phi) is 4.31. The number of aromatic nitrogens is 1. The molecule has 1 aliphatic carbocycles. The predicted octanol–water partition coefficient (Wildman–Crippen LogP) is 2.15. The molecule has 3 heteroatoms. The molecule has 0 aromatic carbocycles. The van der Waals surface area contributed by atoms with Crippen LogP contribution >= 0.6 is 0 Å². The highest BCUT2D eigenvalue weighted by Gasteiger charge is 2.20. The van der Waals surface area contributed by atoms with Gasteiger partial charge < -0.3 is 9.84 Å². The first kappa shape index (κ1) is 11.6.